The number of hydrogen-bond acceptors (Lipinski definition) is 3. The van der Waals surface area contributed by atoms with E-state index < -0.39 is 0 Å². The van der Waals surface area contributed by atoms with E-state index in [9.17, 15) is 0 Å². The Hall–Kier alpha value is -1.06. The molecule has 0 fully saturated rings. The number of hydrogen-bond donors (Lipinski definition) is 2. The second-order valence-electron chi connectivity index (χ2n) is 3.65. The highest BCUT2D eigenvalue weighted by Gasteiger charge is 2.01. The standard InChI is InChI=1S/C12H20N2O/c1-2-14(9-10-15)8-7-11-3-5-12(13)6-4-11/h3-6,15H,2,7-10,13H2,1H3. The number of nitrogens with two attached hydrogens (primary N) is 1. The fourth-order valence-electron chi connectivity index (χ4n) is 1.54. The van der Waals surface area contributed by atoms with E-state index in [1.54, 1.807) is 0 Å². The van der Waals surface area contributed by atoms with Gasteiger partial charge >= 0.3 is 0 Å². The SMILES string of the molecule is CCN(CCO)CCc1ccc(N)cc1. The van der Waals surface area contributed by atoms with Crippen molar-refractivity contribution < 1.29 is 5.11 Å². The van der Waals surface area contributed by atoms with Crippen LogP contribution in [0.15, 0.2) is 24.3 Å². The summed E-state index contributed by atoms with van der Waals surface area (Å²) in [7, 11) is 0. The summed E-state index contributed by atoms with van der Waals surface area (Å²) in [5.41, 5.74) is 7.71. The summed E-state index contributed by atoms with van der Waals surface area (Å²) in [5, 5.41) is 8.84. The summed E-state index contributed by atoms with van der Waals surface area (Å²) in [4.78, 5) is 2.23. The first kappa shape index (κ1) is 12.0. The second-order valence-corrected chi connectivity index (χ2v) is 3.65. The van der Waals surface area contributed by atoms with E-state index in [-0.39, 0.29) is 6.61 Å². The van der Waals surface area contributed by atoms with E-state index in [4.69, 9.17) is 10.8 Å². The molecule has 0 spiro atoms. The van der Waals surface area contributed by atoms with Gasteiger partial charge in [0.05, 0.1) is 6.61 Å². The average molecular weight is 208 g/mol. The first-order chi connectivity index (χ1) is 7.26. The number of likely N-dealkylation sites (N-methyl/N-ethyl adjacent to an activating group) is 1. The molecule has 0 aliphatic rings. The molecular formula is C12H20N2O. The minimum absolute atomic E-state index is 0.232. The topological polar surface area (TPSA) is 49.5 Å². The molecule has 0 aliphatic heterocycles. The van der Waals surface area contributed by atoms with E-state index in [1.807, 2.05) is 12.1 Å². The number of aliphatic hydroxyl groups excluding tert-OH is 1. The maximum Gasteiger partial charge on any atom is 0.0558 e. The predicted molar refractivity (Wildman–Crippen MR) is 63.8 cm³/mol. The molecule has 0 aromatic heterocycles. The molecule has 15 heavy (non-hydrogen) atoms. The Morgan fingerprint density at radius 2 is 1.87 bits per heavy atom. The van der Waals surface area contributed by atoms with Gasteiger partial charge in [-0.05, 0) is 30.7 Å². The van der Waals surface area contributed by atoms with Crippen molar-refractivity contribution in [2.45, 2.75) is 13.3 Å². The van der Waals surface area contributed by atoms with Crippen LogP contribution >= 0.6 is 0 Å². The van der Waals surface area contributed by atoms with Gasteiger partial charge < -0.3 is 15.7 Å². The maximum atomic E-state index is 8.84. The van der Waals surface area contributed by atoms with Crippen LogP contribution in [0.2, 0.25) is 0 Å². The summed E-state index contributed by atoms with van der Waals surface area (Å²) in [5.74, 6) is 0. The molecule has 0 saturated heterocycles. The largest absolute Gasteiger partial charge is 0.399 e. The Balaban J connectivity index is 2.38. The Bertz CT molecular complexity index is 271. The maximum absolute atomic E-state index is 8.84. The lowest BCUT2D eigenvalue weighted by molar-refractivity contribution is 0.203. The van der Waals surface area contributed by atoms with Gasteiger partial charge in [0.2, 0.25) is 0 Å². The van der Waals surface area contributed by atoms with Crippen LogP contribution in [0.5, 0.6) is 0 Å². The fourth-order valence-corrected chi connectivity index (χ4v) is 1.54. The molecule has 0 aliphatic carbocycles. The predicted octanol–water partition coefficient (Wildman–Crippen LogP) is 1.13. The van der Waals surface area contributed by atoms with E-state index in [1.165, 1.54) is 5.56 Å². The molecule has 0 saturated carbocycles. The van der Waals surface area contributed by atoms with Crippen LogP contribution in [-0.2, 0) is 6.42 Å². The quantitative estimate of drug-likeness (QED) is 0.689. The van der Waals surface area contributed by atoms with Gasteiger partial charge in [-0.2, -0.15) is 0 Å². The summed E-state index contributed by atoms with van der Waals surface area (Å²) < 4.78 is 0. The van der Waals surface area contributed by atoms with Gasteiger partial charge in [0.15, 0.2) is 0 Å². The lowest BCUT2D eigenvalue weighted by atomic mass is 10.1. The lowest BCUT2D eigenvalue weighted by Gasteiger charge is -2.18. The van der Waals surface area contributed by atoms with Gasteiger partial charge in [0.25, 0.3) is 0 Å². The van der Waals surface area contributed by atoms with Crippen molar-refractivity contribution in [3.63, 3.8) is 0 Å². The van der Waals surface area contributed by atoms with Crippen LogP contribution in [-0.4, -0.2) is 36.2 Å². The first-order valence-corrected chi connectivity index (χ1v) is 5.44. The number of anilines is 1. The first-order valence-electron chi connectivity index (χ1n) is 5.44. The summed E-state index contributed by atoms with van der Waals surface area (Å²) in [6.45, 7) is 5.07. The third-order valence-corrected chi connectivity index (χ3v) is 2.56. The molecule has 0 unspecified atom stereocenters. The van der Waals surface area contributed by atoms with Crippen LogP contribution in [0.4, 0.5) is 5.69 Å². The van der Waals surface area contributed by atoms with E-state index in [2.05, 4.69) is 24.0 Å². The van der Waals surface area contributed by atoms with Crippen LogP contribution in [0.25, 0.3) is 0 Å². The number of nitrogens with zero attached hydrogens (tertiary/aromatic N) is 1. The minimum atomic E-state index is 0.232. The molecule has 3 heteroatoms. The highest BCUT2D eigenvalue weighted by atomic mass is 16.3. The molecular weight excluding hydrogens is 188 g/mol. The molecule has 0 amide bonds. The van der Waals surface area contributed by atoms with Crippen molar-refractivity contribution in [1.82, 2.24) is 4.90 Å². The summed E-state index contributed by atoms with van der Waals surface area (Å²) >= 11 is 0. The molecule has 1 rings (SSSR count). The Kier molecular flexibility index (Phi) is 5.15. The smallest absolute Gasteiger partial charge is 0.0558 e. The van der Waals surface area contributed by atoms with Crippen LogP contribution in [0.3, 0.4) is 0 Å². The minimum Gasteiger partial charge on any atom is -0.399 e. The van der Waals surface area contributed by atoms with E-state index >= 15 is 0 Å². The Morgan fingerprint density at radius 1 is 1.20 bits per heavy atom. The normalized spacial score (nSPS) is 10.9. The molecule has 0 heterocycles. The molecule has 3 nitrogen and oxygen atoms in total. The highest BCUT2D eigenvalue weighted by molar-refractivity contribution is 5.39. The van der Waals surface area contributed by atoms with Crippen molar-refractivity contribution >= 4 is 5.69 Å². The van der Waals surface area contributed by atoms with Gasteiger partial charge in [0.1, 0.15) is 0 Å². The third kappa shape index (κ3) is 4.32. The Morgan fingerprint density at radius 3 is 2.40 bits per heavy atom. The second kappa shape index (κ2) is 6.43. The number of rotatable bonds is 6. The lowest BCUT2D eigenvalue weighted by Crippen LogP contribution is -2.28. The zero-order valence-electron chi connectivity index (χ0n) is 9.32. The molecule has 0 bridgehead atoms. The van der Waals surface area contributed by atoms with Gasteiger partial charge in [-0.15, -0.1) is 0 Å². The monoisotopic (exact) mass is 208 g/mol. The number of aliphatic hydroxyl groups is 1. The molecule has 0 atom stereocenters. The third-order valence-electron chi connectivity index (χ3n) is 2.56. The Labute approximate surface area is 91.5 Å². The van der Waals surface area contributed by atoms with Gasteiger partial charge in [-0.3, -0.25) is 0 Å². The van der Waals surface area contributed by atoms with Crippen molar-refractivity contribution in [2.75, 3.05) is 32.0 Å². The molecule has 84 valence electrons. The van der Waals surface area contributed by atoms with Crippen LogP contribution < -0.4 is 5.73 Å². The summed E-state index contributed by atoms with van der Waals surface area (Å²) in [6.07, 6.45) is 1.01. The van der Waals surface area contributed by atoms with Gasteiger partial charge in [-0.25, -0.2) is 0 Å². The zero-order chi connectivity index (χ0) is 11.1. The highest BCUT2D eigenvalue weighted by Crippen LogP contribution is 2.06. The molecule has 1 aromatic carbocycles. The van der Waals surface area contributed by atoms with Crippen LogP contribution in [0, 0.1) is 0 Å². The average Bonchev–Trinajstić information content (AvgIpc) is 2.26. The van der Waals surface area contributed by atoms with E-state index in [0.717, 1.165) is 31.7 Å². The molecule has 3 N–H and O–H groups in total. The van der Waals surface area contributed by atoms with Gasteiger partial charge in [-0.1, -0.05) is 19.1 Å². The number of benzene rings is 1. The molecule has 1 aromatic rings. The van der Waals surface area contributed by atoms with Crippen molar-refractivity contribution in [3.05, 3.63) is 29.8 Å². The summed E-state index contributed by atoms with van der Waals surface area (Å²) in [6, 6.07) is 7.97. The van der Waals surface area contributed by atoms with Crippen molar-refractivity contribution in [2.24, 2.45) is 0 Å². The molecule has 0 radical (unpaired) electrons. The van der Waals surface area contributed by atoms with Gasteiger partial charge in [0, 0.05) is 18.8 Å². The fraction of sp³-hybridized carbons (Fsp3) is 0.500. The van der Waals surface area contributed by atoms with E-state index in [0.29, 0.717) is 0 Å². The van der Waals surface area contributed by atoms with Crippen molar-refractivity contribution in [1.29, 1.82) is 0 Å². The van der Waals surface area contributed by atoms with Crippen molar-refractivity contribution in [3.8, 4) is 0 Å². The van der Waals surface area contributed by atoms with Crippen LogP contribution in [0.1, 0.15) is 12.5 Å². The zero-order valence-corrected chi connectivity index (χ0v) is 9.32. The number of nitrogen functional groups attached to an aromatic ring is 1.